The average molecular weight is 332 g/mol. The minimum absolute atomic E-state index is 0.0172. The molecule has 0 aliphatic carbocycles. The van der Waals surface area contributed by atoms with E-state index in [-0.39, 0.29) is 11.9 Å². The first kappa shape index (κ1) is 14.8. The average Bonchev–Trinajstić information content (AvgIpc) is 2.38. The summed E-state index contributed by atoms with van der Waals surface area (Å²) in [5.74, 6) is -0.0350. The fourth-order valence-corrected chi connectivity index (χ4v) is 2.48. The first-order valence-corrected chi connectivity index (χ1v) is 7.39. The van der Waals surface area contributed by atoms with Crippen molar-refractivity contribution in [2.75, 3.05) is 0 Å². The summed E-state index contributed by atoms with van der Waals surface area (Å²) in [5, 5.41) is 3.03. The van der Waals surface area contributed by atoms with Crippen molar-refractivity contribution in [2.24, 2.45) is 0 Å². The van der Waals surface area contributed by atoms with Crippen LogP contribution in [-0.4, -0.2) is 5.91 Å². The third-order valence-electron chi connectivity index (χ3n) is 3.20. The van der Waals surface area contributed by atoms with Gasteiger partial charge in [0.15, 0.2) is 0 Å². The van der Waals surface area contributed by atoms with Gasteiger partial charge in [-0.2, -0.15) is 0 Å². The summed E-state index contributed by atoms with van der Waals surface area (Å²) in [7, 11) is 0. The van der Waals surface area contributed by atoms with Crippen LogP contribution in [0.4, 0.5) is 0 Å². The molecule has 0 spiro atoms. The van der Waals surface area contributed by atoms with Crippen LogP contribution in [0.15, 0.2) is 46.9 Å². The van der Waals surface area contributed by atoms with Crippen molar-refractivity contribution in [1.29, 1.82) is 0 Å². The van der Waals surface area contributed by atoms with Gasteiger partial charge in [-0.1, -0.05) is 45.3 Å². The largest absolute Gasteiger partial charge is 0.346 e. The number of rotatable bonds is 3. The molecule has 1 amide bonds. The maximum atomic E-state index is 12.3. The van der Waals surface area contributed by atoms with E-state index in [1.54, 1.807) is 0 Å². The van der Waals surface area contributed by atoms with E-state index in [4.69, 9.17) is 0 Å². The van der Waals surface area contributed by atoms with E-state index in [9.17, 15) is 4.79 Å². The standard InChI is InChI=1S/C17H18BrNO/c1-11-8-12(2)10-15(9-11)17(20)19-13(3)14-4-6-16(18)7-5-14/h4-10,13H,1-3H3,(H,19,20)/t13-/m0/s1. The van der Waals surface area contributed by atoms with Crippen LogP contribution < -0.4 is 5.32 Å². The van der Waals surface area contributed by atoms with Gasteiger partial charge in [-0.25, -0.2) is 0 Å². The van der Waals surface area contributed by atoms with E-state index < -0.39 is 0 Å². The molecule has 2 nitrogen and oxygen atoms in total. The first-order valence-electron chi connectivity index (χ1n) is 6.60. The van der Waals surface area contributed by atoms with Gasteiger partial charge in [-0.15, -0.1) is 0 Å². The summed E-state index contributed by atoms with van der Waals surface area (Å²) in [5.41, 5.74) is 4.01. The van der Waals surface area contributed by atoms with Gasteiger partial charge in [-0.3, -0.25) is 4.79 Å². The highest BCUT2D eigenvalue weighted by molar-refractivity contribution is 9.10. The molecular formula is C17H18BrNO. The summed E-state index contributed by atoms with van der Waals surface area (Å²) >= 11 is 3.41. The third-order valence-corrected chi connectivity index (χ3v) is 3.73. The highest BCUT2D eigenvalue weighted by atomic mass is 79.9. The van der Waals surface area contributed by atoms with Crippen LogP contribution in [0.2, 0.25) is 0 Å². The van der Waals surface area contributed by atoms with Gasteiger partial charge in [0, 0.05) is 10.0 Å². The summed E-state index contributed by atoms with van der Waals surface area (Å²) in [6.45, 7) is 5.99. The fourth-order valence-electron chi connectivity index (χ4n) is 2.22. The predicted octanol–water partition coefficient (Wildman–Crippen LogP) is 4.56. The summed E-state index contributed by atoms with van der Waals surface area (Å²) in [6, 6.07) is 13.9. The summed E-state index contributed by atoms with van der Waals surface area (Å²) < 4.78 is 1.04. The van der Waals surface area contributed by atoms with Crippen molar-refractivity contribution in [2.45, 2.75) is 26.8 Å². The molecule has 2 aromatic carbocycles. The highest BCUT2D eigenvalue weighted by Crippen LogP contribution is 2.17. The quantitative estimate of drug-likeness (QED) is 0.877. The lowest BCUT2D eigenvalue weighted by Gasteiger charge is -2.15. The number of carbonyl (C=O) groups excluding carboxylic acids is 1. The Morgan fingerprint density at radius 2 is 1.60 bits per heavy atom. The van der Waals surface area contributed by atoms with Crippen LogP contribution in [0.5, 0.6) is 0 Å². The molecule has 20 heavy (non-hydrogen) atoms. The number of nitrogens with one attached hydrogen (secondary N) is 1. The molecular weight excluding hydrogens is 314 g/mol. The Hall–Kier alpha value is -1.61. The van der Waals surface area contributed by atoms with Gasteiger partial charge in [-0.05, 0) is 50.6 Å². The molecule has 2 rings (SSSR count). The second kappa shape index (κ2) is 6.23. The molecule has 3 heteroatoms. The Morgan fingerprint density at radius 3 is 2.15 bits per heavy atom. The third kappa shape index (κ3) is 3.70. The molecule has 0 bridgehead atoms. The maximum Gasteiger partial charge on any atom is 0.251 e. The topological polar surface area (TPSA) is 29.1 Å². The Balaban J connectivity index is 2.12. The number of amides is 1. The van der Waals surface area contributed by atoms with Gasteiger partial charge in [0.1, 0.15) is 0 Å². The van der Waals surface area contributed by atoms with E-state index in [2.05, 4.69) is 27.3 Å². The molecule has 1 atom stereocenters. The van der Waals surface area contributed by atoms with Crippen molar-refractivity contribution in [3.63, 3.8) is 0 Å². The molecule has 2 aromatic rings. The molecule has 1 N–H and O–H groups in total. The molecule has 0 aromatic heterocycles. The van der Waals surface area contributed by atoms with Crippen molar-refractivity contribution >= 4 is 21.8 Å². The van der Waals surface area contributed by atoms with E-state index in [1.165, 1.54) is 0 Å². The molecule has 104 valence electrons. The minimum atomic E-state index is -0.0350. The lowest BCUT2D eigenvalue weighted by atomic mass is 10.1. The monoisotopic (exact) mass is 331 g/mol. The van der Waals surface area contributed by atoms with E-state index >= 15 is 0 Å². The number of carbonyl (C=O) groups is 1. The van der Waals surface area contributed by atoms with Crippen molar-refractivity contribution in [3.8, 4) is 0 Å². The van der Waals surface area contributed by atoms with Gasteiger partial charge in [0.2, 0.25) is 0 Å². The lowest BCUT2D eigenvalue weighted by Crippen LogP contribution is -2.26. The van der Waals surface area contributed by atoms with Gasteiger partial charge >= 0.3 is 0 Å². The SMILES string of the molecule is Cc1cc(C)cc(C(=O)N[C@@H](C)c2ccc(Br)cc2)c1. The fraction of sp³-hybridized carbons (Fsp3) is 0.235. The molecule has 0 heterocycles. The molecule has 0 saturated carbocycles. The van der Waals surface area contributed by atoms with Crippen molar-refractivity contribution in [1.82, 2.24) is 5.32 Å². The Bertz CT molecular complexity index is 599. The van der Waals surface area contributed by atoms with E-state index in [1.807, 2.05) is 57.2 Å². The smallest absolute Gasteiger partial charge is 0.251 e. The normalized spacial score (nSPS) is 12.0. The number of halogens is 1. The summed E-state index contributed by atoms with van der Waals surface area (Å²) in [6.07, 6.45) is 0. The molecule has 0 aliphatic rings. The summed E-state index contributed by atoms with van der Waals surface area (Å²) in [4.78, 5) is 12.3. The Kier molecular flexibility index (Phi) is 4.61. The number of hydrogen-bond donors (Lipinski definition) is 1. The first-order chi connectivity index (χ1) is 9.45. The van der Waals surface area contributed by atoms with Gasteiger partial charge in [0.05, 0.1) is 6.04 Å². The van der Waals surface area contributed by atoms with E-state index in [0.717, 1.165) is 21.2 Å². The van der Waals surface area contributed by atoms with Crippen LogP contribution in [-0.2, 0) is 0 Å². The molecule has 0 fully saturated rings. The van der Waals surface area contributed by atoms with Crippen LogP contribution in [0, 0.1) is 13.8 Å². The van der Waals surface area contributed by atoms with Crippen LogP contribution >= 0.6 is 15.9 Å². The zero-order valence-corrected chi connectivity index (χ0v) is 13.5. The predicted molar refractivity (Wildman–Crippen MR) is 85.9 cm³/mol. The number of hydrogen-bond acceptors (Lipinski definition) is 1. The van der Waals surface area contributed by atoms with Crippen LogP contribution in [0.25, 0.3) is 0 Å². The molecule has 0 aliphatic heterocycles. The highest BCUT2D eigenvalue weighted by Gasteiger charge is 2.12. The molecule has 0 saturated heterocycles. The van der Waals surface area contributed by atoms with E-state index in [0.29, 0.717) is 5.56 Å². The van der Waals surface area contributed by atoms with Crippen molar-refractivity contribution < 1.29 is 4.79 Å². The second-order valence-electron chi connectivity index (χ2n) is 5.12. The second-order valence-corrected chi connectivity index (χ2v) is 6.04. The number of aryl methyl sites for hydroxylation is 2. The molecule has 0 unspecified atom stereocenters. The van der Waals surface area contributed by atoms with Gasteiger partial charge in [0.25, 0.3) is 5.91 Å². The minimum Gasteiger partial charge on any atom is -0.346 e. The Labute approximate surface area is 128 Å². The van der Waals surface area contributed by atoms with Crippen molar-refractivity contribution in [3.05, 3.63) is 69.2 Å². The lowest BCUT2D eigenvalue weighted by molar-refractivity contribution is 0.0939. The zero-order valence-electron chi connectivity index (χ0n) is 11.9. The zero-order chi connectivity index (χ0) is 14.7. The van der Waals surface area contributed by atoms with Crippen LogP contribution in [0.1, 0.15) is 40.0 Å². The van der Waals surface area contributed by atoms with Gasteiger partial charge < -0.3 is 5.32 Å². The van der Waals surface area contributed by atoms with Crippen LogP contribution in [0.3, 0.4) is 0 Å². The molecule has 0 radical (unpaired) electrons. The number of benzene rings is 2. The maximum absolute atomic E-state index is 12.3. The Morgan fingerprint density at radius 1 is 1.05 bits per heavy atom.